The molecule has 0 radical (unpaired) electrons. The molecule has 0 aromatic heterocycles. The third-order valence-corrected chi connectivity index (χ3v) is 5.84. The summed E-state index contributed by atoms with van der Waals surface area (Å²) in [4.78, 5) is 48.4. The second-order valence-electron chi connectivity index (χ2n) is 7.63. The Labute approximate surface area is 182 Å². The van der Waals surface area contributed by atoms with Gasteiger partial charge in [0.1, 0.15) is 4.32 Å². The van der Waals surface area contributed by atoms with Crippen LogP contribution in [-0.4, -0.2) is 73.1 Å². The molecule has 0 aromatic rings. The third kappa shape index (κ3) is 7.22. The molecule has 0 bridgehead atoms. The van der Waals surface area contributed by atoms with Crippen LogP contribution in [0, 0.1) is 0 Å². The number of rotatable bonds is 3. The maximum absolute atomic E-state index is 10.9. The molecule has 0 atom stereocenters. The van der Waals surface area contributed by atoms with Crippen LogP contribution in [0.3, 0.4) is 0 Å². The molecule has 3 rings (SSSR count). The highest BCUT2D eigenvalue weighted by Gasteiger charge is 2.30. The Morgan fingerprint density at radius 1 is 0.793 bits per heavy atom. The second-order valence-corrected chi connectivity index (χ2v) is 9.36. The van der Waals surface area contributed by atoms with E-state index < -0.39 is 0 Å². The molecule has 3 heterocycles. The van der Waals surface area contributed by atoms with Crippen LogP contribution in [0.25, 0.3) is 0 Å². The maximum Gasteiger partial charge on any atom is 0.253 e. The first-order chi connectivity index (χ1) is 13.5. The lowest BCUT2D eigenvalue weighted by molar-refractivity contribution is -0.141. The van der Waals surface area contributed by atoms with Gasteiger partial charge in [-0.15, -0.1) is 0 Å². The van der Waals surface area contributed by atoms with Gasteiger partial charge >= 0.3 is 0 Å². The summed E-state index contributed by atoms with van der Waals surface area (Å²) in [5.41, 5.74) is 0. The van der Waals surface area contributed by atoms with E-state index in [-0.39, 0.29) is 35.7 Å². The molecular weight excluding hydrogens is 410 g/mol. The Bertz CT molecular complexity index is 649. The van der Waals surface area contributed by atoms with E-state index in [9.17, 15) is 19.2 Å². The number of imide groups is 2. The predicted octanol–water partition coefficient (Wildman–Crippen LogP) is 2.59. The smallest absolute Gasteiger partial charge is 0.253 e. The summed E-state index contributed by atoms with van der Waals surface area (Å²) in [6, 6.07) is 0.588. The summed E-state index contributed by atoms with van der Waals surface area (Å²) in [7, 11) is 0. The van der Waals surface area contributed by atoms with Crippen LogP contribution in [0.5, 0.6) is 0 Å². The normalized spacial score (nSPS) is 18.9. The molecule has 0 saturated carbocycles. The fraction of sp³-hybridized carbons (Fsp3) is 0.650. The first-order valence-corrected chi connectivity index (χ1v) is 11.2. The van der Waals surface area contributed by atoms with Crippen molar-refractivity contribution in [3.05, 3.63) is 12.2 Å². The van der Waals surface area contributed by atoms with Crippen LogP contribution in [0.1, 0.15) is 54.4 Å². The number of likely N-dealkylation sites (tertiary alicyclic amines) is 1. The summed E-state index contributed by atoms with van der Waals surface area (Å²) in [6.07, 6.45) is 3.39. The summed E-state index contributed by atoms with van der Waals surface area (Å²) in [6.45, 7) is 12.8. The largest absolute Gasteiger partial charge is 0.354 e. The van der Waals surface area contributed by atoms with E-state index in [0.717, 1.165) is 10.9 Å². The quantitative estimate of drug-likeness (QED) is 0.492. The SMILES string of the molecule is CC(C)N1C(=O)C=CC1=O.CC(C)N1C(=O)CCC1=O.CC(C)N1CCSC1=S. The van der Waals surface area contributed by atoms with Gasteiger partial charge in [-0.25, -0.2) is 0 Å². The lowest BCUT2D eigenvalue weighted by Crippen LogP contribution is -2.36. The summed E-state index contributed by atoms with van der Waals surface area (Å²) < 4.78 is 1.07. The van der Waals surface area contributed by atoms with Crippen molar-refractivity contribution in [3.63, 3.8) is 0 Å². The van der Waals surface area contributed by atoms with Crippen LogP contribution >= 0.6 is 24.0 Å². The summed E-state index contributed by atoms with van der Waals surface area (Å²) in [5, 5.41) is 0. The van der Waals surface area contributed by atoms with Crippen LogP contribution in [0.2, 0.25) is 0 Å². The van der Waals surface area contributed by atoms with Crippen LogP contribution in [-0.2, 0) is 19.2 Å². The van der Waals surface area contributed by atoms with Crippen molar-refractivity contribution in [2.75, 3.05) is 12.3 Å². The lowest BCUT2D eigenvalue weighted by atomic mass is 10.3. The zero-order valence-electron chi connectivity index (χ0n) is 18.0. The summed E-state index contributed by atoms with van der Waals surface area (Å²) >= 11 is 6.90. The minimum absolute atomic E-state index is 0.0278. The number of hydrogen-bond acceptors (Lipinski definition) is 6. The first kappa shape index (κ1) is 25.3. The van der Waals surface area contributed by atoms with Crippen molar-refractivity contribution >= 4 is 51.9 Å². The molecular formula is C20H31N3O4S2. The van der Waals surface area contributed by atoms with Crippen LogP contribution in [0.15, 0.2) is 12.2 Å². The fourth-order valence-electron chi connectivity index (χ4n) is 2.97. The van der Waals surface area contributed by atoms with Gasteiger partial charge in [0.15, 0.2) is 0 Å². The zero-order valence-corrected chi connectivity index (χ0v) is 19.6. The molecule has 3 aliphatic rings. The van der Waals surface area contributed by atoms with Gasteiger partial charge in [0.05, 0.1) is 0 Å². The standard InChI is InChI=1S/C7H11NO2.C7H9NO2.C6H11NS2/c2*1-5(2)8-6(9)3-4-7(8)10;1-5(2)7-3-4-9-6(7)8/h5H,3-4H2,1-2H3;3-5H,1-2H3;5H,3-4H2,1-2H3. The van der Waals surface area contributed by atoms with Crippen molar-refractivity contribution in [3.8, 4) is 0 Å². The van der Waals surface area contributed by atoms with Gasteiger partial charge in [0.2, 0.25) is 11.8 Å². The molecule has 9 heteroatoms. The number of thiocarbonyl (C=S) groups is 1. The average Bonchev–Trinajstić information content (AvgIpc) is 3.28. The number of carbonyl (C=O) groups excluding carboxylic acids is 4. The topological polar surface area (TPSA) is 78.0 Å². The number of thioether (sulfide) groups is 1. The van der Waals surface area contributed by atoms with E-state index in [1.807, 2.05) is 27.7 Å². The average molecular weight is 442 g/mol. The highest BCUT2D eigenvalue weighted by molar-refractivity contribution is 8.23. The Balaban J connectivity index is 0.000000218. The van der Waals surface area contributed by atoms with Crippen molar-refractivity contribution in [2.24, 2.45) is 0 Å². The molecule has 29 heavy (non-hydrogen) atoms. The zero-order chi connectivity index (χ0) is 22.3. The summed E-state index contributed by atoms with van der Waals surface area (Å²) in [5.74, 6) is 0.705. The molecule has 2 fully saturated rings. The number of carbonyl (C=O) groups is 4. The van der Waals surface area contributed by atoms with Gasteiger partial charge in [0, 0.05) is 55.4 Å². The van der Waals surface area contributed by atoms with Gasteiger partial charge in [-0.2, -0.15) is 0 Å². The van der Waals surface area contributed by atoms with E-state index in [1.165, 1.54) is 27.7 Å². The third-order valence-electron chi connectivity index (χ3n) is 4.38. The number of amides is 4. The Hall–Kier alpha value is -1.74. The number of hydrogen-bond donors (Lipinski definition) is 0. The fourth-order valence-corrected chi connectivity index (χ4v) is 4.45. The van der Waals surface area contributed by atoms with Crippen molar-refractivity contribution in [2.45, 2.75) is 72.5 Å². The molecule has 7 nitrogen and oxygen atoms in total. The Morgan fingerprint density at radius 2 is 1.24 bits per heavy atom. The Morgan fingerprint density at radius 3 is 1.45 bits per heavy atom. The van der Waals surface area contributed by atoms with Gasteiger partial charge in [0.25, 0.3) is 11.8 Å². The second kappa shape index (κ2) is 11.4. The first-order valence-electron chi connectivity index (χ1n) is 9.80. The monoisotopic (exact) mass is 441 g/mol. The molecule has 4 amide bonds. The van der Waals surface area contributed by atoms with E-state index in [4.69, 9.17) is 12.2 Å². The Kier molecular flexibility index (Phi) is 9.98. The van der Waals surface area contributed by atoms with Crippen molar-refractivity contribution in [1.29, 1.82) is 0 Å². The lowest BCUT2D eigenvalue weighted by Gasteiger charge is -2.20. The maximum atomic E-state index is 10.9. The highest BCUT2D eigenvalue weighted by Crippen LogP contribution is 2.19. The van der Waals surface area contributed by atoms with Gasteiger partial charge in [-0.05, 0) is 41.5 Å². The van der Waals surface area contributed by atoms with Crippen molar-refractivity contribution in [1.82, 2.24) is 14.7 Å². The molecule has 162 valence electrons. The van der Waals surface area contributed by atoms with Crippen LogP contribution in [0.4, 0.5) is 0 Å². The highest BCUT2D eigenvalue weighted by atomic mass is 32.2. The molecule has 0 unspecified atom stereocenters. The minimum Gasteiger partial charge on any atom is -0.354 e. The number of nitrogens with zero attached hydrogens (tertiary/aromatic N) is 3. The molecule has 0 spiro atoms. The van der Waals surface area contributed by atoms with Gasteiger partial charge < -0.3 is 4.90 Å². The molecule has 0 N–H and O–H groups in total. The van der Waals surface area contributed by atoms with Crippen LogP contribution < -0.4 is 0 Å². The van der Waals surface area contributed by atoms with E-state index in [2.05, 4.69) is 18.7 Å². The minimum atomic E-state index is -0.208. The molecule has 0 aromatic carbocycles. The molecule has 2 saturated heterocycles. The van der Waals surface area contributed by atoms with Crippen molar-refractivity contribution < 1.29 is 19.2 Å². The van der Waals surface area contributed by atoms with E-state index in [1.54, 1.807) is 11.8 Å². The van der Waals surface area contributed by atoms with Gasteiger partial charge in [-0.3, -0.25) is 29.0 Å². The van der Waals surface area contributed by atoms with Gasteiger partial charge in [-0.1, -0.05) is 24.0 Å². The predicted molar refractivity (Wildman–Crippen MR) is 119 cm³/mol. The molecule has 0 aliphatic carbocycles. The molecule has 3 aliphatic heterocycles. The van der Waals surface area contributed by atoms with E-state index >= 15 is 0 Å². The van der Waals surface area contributed by atoms with E-state index in [0.29, 0.717) is 18.9 Å².